The standard InChI is InChI=1S/C17H23N3O/c1-12(2)18-16(21)10-9-15-11-20(4)19-17(15)14-7-5-13(3)6-8-14/h5-8,11-12H,9-10H2,1-4H3,(H,18,21). The Bertz CT molecular complexity index is 611. The van der Waals surface area contributed by atoms with Gasteiger partial charge in [0.05, 0.1) is 5.69 Å². The molecule has 1 amide bonds. The molecule has 4 nitrogen and oxygen atoms in total. The summed E-state index contributed by atoms with van der Waals surface area (Å²) in [5.41, 5.74) is 4.41. The number of carbonyl (C=O) groups excluding carboxylic acids is 1. The van der Waals surface area contributed by atoms with Crippen molar-refractivity contribution in [2.24, 2.45) is 7.05 Å². The Balaban J connectivity index is 2.13. The van der Waals surface area contributed by atoms with Crippen LogP contribution in [-0.4, -0.2) is 21.7 Å². The second kappa shape index (κ2) is 6.57. The molecule has 2 rings (SSSR count). The summed E-state index contributed by atoms with van der Waals surface area (Å²) >= 11 is 0. The van der Waals surface area contributed by atoms with Crippen LogP contribution in [0.3, 0.4) is 0 Å². The Morgan fingerprint density at radius 3 is 2.57 bits per heavy atom. The van der Waals surface area contributed by atoms with E-state index in [2.05, 4.69) is 41.6 Å². The minimum atomic E-state index is 0.0868. The van der Waals surface area contributed by atoms with Gasteiger partial charge in [-0.1, -0.05) is 29.8 Å². The van der Waals surface area contributed by atoms with E-state index < -0.39 is 0 Å². The van der Waals surface area contributed by atoms with Crippen LogP contribution in [-0.2, 0) is 18.3 Å². The zero-order valence-electron chi connectivity index (χ0n) is 13.2. The molecule has 0 aliphatic heterocycles. The first-order valence-corrected chi connectivity index (χ1v) is 7.34. The number of amides is 1. The van der Waals surface area contributed by atoms with Crippen LogP contribution in [0.15, 0.2) is 30.5 Å². The van der Waals surface area contributed by atoms with E-state index in [1.807, 2.05) is 31.8 Å². The summed E-state index contributed by atoms with van der Waals surface area (Å²) in [6.07, 6.45) is 3.19. The van der Waals surface area contributed by atoms with Gasteiger partial charge >= 0.3 is 0 Å². The first-order valence-electron chi connectivity index (χ1n) is 7.34. The van der Waals surface area contributed by atoms with E-state index in [9.17, 15) is 4.79 Å². The SMILES string of the molecule is Cc1ccc(-c2nn(C)cc2CCC(=O)NC(C)C)cc1. The first-order chi connectivity index (χ1) is 9.95. The minimum Gasteiger partial charge on any atom is -0.354 e. The third kappa shape index (κ3) is 4.18. The highest BCUT2D eigenvalue weighted by Crippen LogP contribution is 2.23. The fourth-order valence-electron chi connectivity index (χ4n) is 2.32. The van der Waals surface area contributed by atoms with Crippen LogP contribution < -0.4 is 5.32 Å². The molecule has 0 spiro atoms. The number of aromatic nitrogens is 2. The lowest BCUT2D eigenvalue weighted by Crippen LogP contribution is -2.30. The summed E-state index contributed by atoms with van der Waals surface area (Å²) in [7, 11) is 1.91. The predicted molar refractivity (Wildman–Crippen MR) is 85.0 cm³/mol. The number of nitrogens with zero attached hydrogens (tertiary/aromatic N) is 2. The molecule has 1 N–H and O–H groups in total. The van der Waals surface area contributed by atoms with Crippen molar-refractivity contribution in [2.75, 3.05) is 0 Å². The predicted octanol–water partition coefficient (Wildman–Crippen LogP) is 2.85. The van der Waals surface area contributed by atoms with Crippen LogP contribution in [0.1, 0.15) is 31.4 Å². The number of rotatable bonds is 5. The lowest BCUT2D eigenvalue weighted by Gasteiger charge is -2.08. The zero-order chi connectivity index (χ0) is 15.4. The van der Waals surface area contributed by atoms with E-state index in [-0.39, 0.29) is 11.9 Å². The molecule has 0 saturated heterocycles. The molecule has 0 atom stereocenters. The highest BCUT2D eigenvalue weighted by molar-refractivity contribution is 5.77. The molecule has 112 valence electrons. The topological polar surface area (TPSA) is 46.9 Å². The van der Waals surface area contributed by atoms with Crippen LogP contribution in [0, 0.1) is 6.92 Å². The van der Waals surface area contributed by atoms with Crippen molar-refractivity contribution < 1.29 is 4.79 Å². The molecule has 0 fully saturated rings. The van der Waals surface area contributed by atoms with Gasteiger partial charge in [-0.05, 0) is 32.8 Å². The number of hydrogen-bond acceptors (Lipinski definition) is 2. The van der Waals surface area contributed by atoms with Gasteiger partial charge in [-0.15, -0.1) is 0 Å². The molecule has 1 aromatic heterocycles. The maximum absolute atomic E-state index is 11.8. The van der Waals surface area contributed by atoms with Gasteiger partial charge in [0.2, 0.25) is 5.91 Å². The monoisotopic (exact) mass is 285 g/mol. The maximum atomic E-state index is 11.8. The van der Waals surface area contributed by atoms with Crippen molar-refractivity contribution in [1.82, 2.24) is 15.1 Å². The van der Waals surface area contributed by atoms with Crippen LogP contribution in [0.2, 0.25) is 0 Å². The highest BCUT2D eigenvalue weighted by atomic mass is 16.1. The summed E-state index contributed by atoms with van der Waals surface area (Å²) in [4.78, 5) is 11.8. The second-order valence-electron chi connectivity index (χ2n) is 5.76. The molecule has 0 unspecified atom stereocenters. The van der Waals surface area contributed by atoms with Gasteiger partial charge in [0, 0.05) is 31.3 Å². The molecule has 1 aromatic carbocycles. The Labute approximate surface area is 126 Å². The average Bonchev–Trinajstić information content (AvgIpc) is 2.78. The molecule has 0 aliphatic carbocycles. The second-order valence-corrected chi connectivity index (χ2v) is 5.76. The molecule has 4 heteroatoms. The summed E-state index contributed by atoms with van der Waals surface area (Å²) in [6.45, 7) is 6.01. The molecule has 2 aromatic rings. The fourth-order valence-corrected chi connectivity index (χ4v) is 2.32. The van der Waals surface area contributed by atoms with Gasteiger partial charge in [0.25, 0.3) is 0 Å². The molecule has 0 saturated carbocycles. The van der Waals surface area contributed by atoms with Crippen LogP contribution in [0.5, 0.6) is 0 Å². The van der Waals surface area contributed by atoms with Crippen molar-refractivity contribution in [3.8, 4) is 11.3 Å². The van der Waals surface area contributed by atoms with E-state index >= 15 is 0 Å². The van der Waals surface area contributed by atoms with Crippen LogP contribution in [0.25, 0.3) is 11.3 Å². The third-order valence-electron chi connectivity index (χ3n) is 3.30. The fraction of sp³-hybridized carbons (Fsp3) is 0.412. The van der Waals surface area contributed by atoms with E-state index in [0.717, 1.165) is 16.8 Å². The lowest BCUT2D eigenvalue weighted by atomic mass is 10.0. The largest absolute Gasteiger partial charge is 0.354 e. The average molecular weight is 285 g/mol. The summed E-state index contributed by atoms with van der Waals surface area (Å²) in [5.74, 6) is 0.0868. The van der Waals surface area contributed by atoms with E-state index in [4.69, 9.17) is 0 Å². The Hall–Kier alpha value is -2.10. The molecular formula is C17H23N3O. The molecule has 0 aliphatic rings. The van der Waals surface area contributed by atoms with Crippen LogP contribution in [0.4, 0.5) is 0 Å². The molecule has 0 bridgehead atoms. The van der Waals surface area contributed by atoms with Gasteiger partial charge in [-0.3, -0.25) is 9.48 Å². The van der Waals surface area contributed by atoms with Gasteiger partial charge in [0.15, 0.2) is 0 Å². The number of carbonyl (C=O) groups is 1. The minimum absolute atomic E-state index is 0.0868. The van der Waals surface area contributed by atoms with Crippen molar-refractivity contribution in [2.45, 2.75) is 39.7 Å². The number of benzene rings is 1. The van der Waals surface area contributed by atoms with Crippen molar-refractivity contribution in [1.29, 1.82) is 0 Å². The highest BCUT2D eigenvalue weighted by Gasteiger charge is 2.12. The molecule has 21 heavy (non-hydrogen) atoms. The normalized spacial score (nSPS) is 10.9. The molecule has 0 radical (unpaired) electrons. The number of nitrogens with one attached hydrogen (secondary N) is 1. The maximum Gasteiger partial charge on any atom is 0.220 e. The van der Waals surface area contributed by atoms with Crippen LogP contribution >= 0.6 is 0 Å². The van der Waals surface area contributed by atoms with E-state index in [0.29, 0.717) is 12.8 Å². The summed E-state index contributed by atoms with van der Waals surface area (Å²) in [5, 5.41) is 7.45. The molecular weight excluding hydrogens is 262 g/mol. The Kier molecular flexibility index (Phi) is 4.78. The Morgan fingerprint density at radius 1 is 1.29 bits per heavy atom. The van der Waals surface area contributed by atoms with Gasteiger partial charge < -0.3 is 5.32 Å². The zero-order valence-corrected chi connectivity index (χ0v) is 13.2. The summed E-state index contributed by atoms with van der Waals surface area (Å²) in [6, 6.07) is 8.51. The van der Waals surface area contributed by atoms with E-state index in [1.165, 1.54) is 5.56 Å². The van der Waals surface area contributed by atoms with Crippen molar-refractivity contribution >= 4 is 5.91 Å². The van der Waals surface area contributed by atoms with E-state index in [1.54, 1.807) is 0 Å². The van der Waals surface area contributed by atoms with Gasteiger partial charge in [-0.2, -0.15) is 5.10 Å². The van der Waals surface area contributed by atoms with Gasteiger partial charge in [0.1, 0.15) is 0 Å². The lowest BCUT2D eigenvalue weighted by molar-refractivity contribution is -0.121. The number of aryl methyl sites for hydroxylation is 3. The summed E-state index contributed by atoms with van der Waals surface area (Å²) < 4.78 is 1.81. The quantitative estimate of drug-likeness (QED) is 0.918. The van der Waals surface area contributed by atoms with Crippen molar-refractivity contribution in [3.05, 3.63) is 41.6 Å². The number of hydrogen-bond donors (Lipinski definition) is 1. The Morgan fingerprint density at radius 2 is 1.95 bits per heavy atom. The molecule has 1 heterocycles. The van der Waals surface area contributed by atoms with Crippen molar-refractivity contribution in [3.63, 3.8) is 0 Å². The first kappa shape index (κ1) is 15.3. The smallest absolute Gasteiger partial charge is 0.220 e. The van der Waals surface area contributed by atoms with Gasteiger partial charge in [-0.25, -0.2) is 0 Å². The third-order valence-corrected chi connectivity index (χ3v) is 3.30.